The monoisotopic (exact) mass is 376 g/mol. The molecule has 0 saturated heterocycles. The number of amides is 1. The number of unbranched alkanes of at least 4 members (excludes halogenated alkanes) is 3. The number of aromatic nitrogens is 3. The van der Waals surface area contributed by atoms with E-state index in [2.05, 4.69) is 29.5 Å². The van der Waals surface area contributed by atoms with E-state index in [9.17, 15) is 4.79 Å². The summed E-state index contributed by atoms with van der Waals surface area (Å²) in [5.74, 6) is 2.71. The summed E-state index contributed by atoms with van der Waals surface area (Å²) in [7, 11) is 1.98. The number of fused-ring (bicyclic) bond motifs is 2. The molecule has 6 heteroatoms. The van der Waals surface area contributed by atoms with Crippen molar-refractivity contribution in [2.24, 2.45) is 30.7 Å². The lowest BCUT2D eigenvalue weighted by Crippen LogP contribution is -2.26. The average molecular weight is 377 g/mol. The van der Waals surface area contributed by atoms with Crippen LogP contribution in [0.3, 0.4) is 0 Å². The van der Waals surface area contributed by atoms with Crippen molar-refractivity contribution < 1.29 is 9.53 Å². The van der Waals surface area contributed by atoms with Gasteiger partial charge in [0.05, 0.1) is 18.0 Å². The Morgan fingerprint density at radius 3 is 2.70 bits per heavy atom. The molecule has 27 heavy (non-hydrogen) atoms. The summed E-state index contributed by atoms with van der Waals surface area (Å²) < 4.78 is 7.41. The number of carbonyl (C=O) groups excluding carboxylic acids is 1. The molecule has 0 bridgehead atoms. The second-order valence-electron chi connectivity index (χ2n) is 8.80. The van der Waals surface area contributed by atoms with E-state index < -0.39 is 0 Å². The molecule has 1 N–H and O–H groups in total. The fourth-order valence-corrected chi connectivity index (χ4v) is 4.60. The van der Waals surface area contributed by atoms with Crippen LogP contribution in [0.2, 0.25) is 0 Å². The van der Waals surface area contributed by atoms with Crippen molar-refractivity contribution in [2.75, 3.05) is 13.2 Å². The third kappa shape index (κ3) is 5.69. The molecule has 1 aromatic heterocycles. The normalized spacial score (nSPS) is 23.9. The Kier molecular flexibility index (Phi) is 7.13. The van der Waals surface area contributed by atoms with E-state index in [1.807, 2.05) is 11.7 Å². The van der Waals surface area contributed by atoms with Gasteiger partial charge in [0, 0.05) is 13.6 Å². The summed E-state index contributed by atoms with van der Waals surface area (Å²) in [6, 6.07) is 0. The van der Waals surface area contributed by atoms with E-state index in [1.54, 1.807) is 0 Å². The van der Waals surface area contributed by atoms with Gasteiger partial charge in [-0.15, -0.1) is 5.10 Å². The first-order valence-electron chi connectivity index (χ1n) is 10.8. The van der Waals surface area contributed by atoms with Gasteiger partial charge in [0.25, 0.3) is 0 Å². The lowest BCUT2D eigenvalue weighted by Gasteiger charge is -2.07. The highest BCUT2D eigenvalue weighted by Gasteiger charge is 2.50. The van der Waals surface area contributed by atoms with Crippen LogP contribution in [0, 0.1) is 23.7 Å². The second kappa shape index (κ2) is 9.56. The minimum Gasteiger partial charge on any atom is -0.449 e. The fraction of sp³-hybridized carbons (Fsp3) is 0.857. The first-order valence-corrected chi connectivity index (χ1v) is 10.8. The zero-order valence-electron chi connectivity index (χ0n) is 17.2. The van der Waals surface area contributed by atoms with Crippen LogP contribution in [-0.2, 0) is 24.6 Å². The molecule has 2 aliphatic carbocycles. The summed E-state index contributed by atoms with van der Waals surface area (Å²) in [4.78, 5) is 11.9. The van der Waals surface area contributed by atoms with Crippen LogP contribution < -0.4 is 5.32 Å². The van der Waals surface area contributed by atoms with Crippen LogP contribution in [0.1, 0.15) is 70.2 Å². The molecule has 0 aliphatic heterocycles. The lowest BCUT2D eigenvalue weighted by molar-refractivity contribution is 0.137. The van der Waals surface area contributed by atoms with Gasteiger partial charge in [-0.05, 0) is 55.8 Å². The summed E-state index contributed by atoms with van der Waals surface area (Å²) in [5.41, 5.74) is 2.44. The van der Waals surface area contributed by atoms with Crippen LogP contribution in [0.4, 0.5) is 4.79 Å². The van der Waals surface area contributed by atoms with E-state index in [0.717, 1.165) is 50.3 Å². The molecule has 0 aromatic carbocycles. The minimum atomic E-state index is -0.245. The molecule has 1 saturated carbocycles. The Hall–Kier alpha value is -1.59. The number of carbonyl (C=O) groups is 1. The maximum atomic E-state index is 11.9. The van der Waals surface area contributed by atoms with Crippen molar-refractivity contribution in [1.29, 1.82) is 0 Å². The van der Waals surface area contributed by atoms with Gasteiger partial charge in [-0.1, -0.05) is 44.7 Å². The number of aryl methyl sites for hydroxylation is 2. The van der Waals surface area contributed by atoms with Crippen LogP contribution in [0.5, 0.6) is 0 Å². The van der Waals surface area contributed by atoms with Gasteiger partial charge in [-0.3, -0.25) is 4.68 Å². The van der Waals surface area contributed by atoms with Gasteiger partial charge < -0.3 is 10.1 Å². The minimum absolute atomic E-state index is 0.245. The molecular formula is C21H36N4O2. The summed E-state index contributed by atoms with van der Waals surface area (Å²) >= 11 is 0. The smallest absolute Gasteiger partial charge is 0.407 e. The van der Waals surface area contributed by atoms with Gasteiger partial charge in [0.15, 0.2) is 0 Å². The van der Waals surface area contributed by atoms with Crippen LogP contribution in [-0.4, -0.2) is 34.2 Å². The molecule has 2 aliphatic rings. The van der Waals surface area contributed by atoms with Crippen molar-refractivity contribution in [1.82, 2.24) is 20.3 Å². The molecule has 3 rings (SSSR count). The van der Waals surface area contributed by atoms with E-state index >= 15 is 0 Å². The van der Waals surface area contributed by atoms with E-state index in [4.69, 9.17) is 4.74 Å². The number of nitrogens with one attached hydrogen (secondary N) is 1. The van der Waals surface area contributed by atoms with E-state index in [1.165, 1.54) is 31.4 Å². The number of nitrogens with zero attached hydrogens (tertiary/aromatic N) is 3. The van der Waals surface area contributed by atoms with E-state index in [-0.39, 0.29) is 6.09 Å². The van der Waals surface area contributed by atoms with Crippen molar-refractivity contribution in [3.63, 3.8) is 0 Å². The molecule has 1 heterocycles. The predicted octanol–water partition coefficient (Wildman–Crippen LogP) is 3.89. The largest absolute Gasteiger partial charge is 0.449 e. The summed E-state index contributed by atoms with van der Waals surface area (Å²) in [5, 5.41) is 11.4. The lowest BCUT2D eigenvalue weighted by atomic mass is 10.0. The topological polar surface area (TPSA) is 69.0 Å². The van der Waals surface area contributed by atoms with Crippen molar-refractivity contribution in [3.8, 4) is 0 Å². The SMILES string of the molecule is CC(C)CCCCCCNC(=O)OCC1C2CCc3nnn(C)c3CCC21. The Morgan fingerprint density at radius 2 is 1.93 bits per heavy atom. The predicted molar refractivity (Wildman–Crippen MR) is 105 cm³/mol. The highest BCUT2D eigenvalue weighted by atomic mass is 16.5. The quantitative estimate of drug-likeness (QED) is 0.664. The molecule has 152 valence electrons. The maximum absolute atomic E-state index is 11.9. The molecular weight excluding hydrogens is 340 g/mol. The third-order valence-electron chi connectivity index (χ3n) is 6.35. The standard InChI is InChI=1S/C21H36N4O2/c1-15(2)8-6-4-5-7-13-22-21(26)27-14-18-16-9-11-19-20(12-10-17(16)18)25(3)24-23-19/h15-18H,4-14H2,1-3H3,(H,22,26). The van der Waals surface area contributed by atoms with Crippen LogP contribution in [0.15, 0.2) is 0 Å². The first kappa shape index (κ1) is 20.2. The average Bonchev–Trinajstić information content (AvgIpc) is 3.15. The highest BCUT2D eigenvalue weighted by Crippen LogP contribution is 2.52. The van der Waals surface area contributed by atoms with Gasteiger partial charge >= 0.3 is 6.09 Å². The van der Waals surface area contributed by atoms with Crippen LogP contribution >= 0.6 is 0 Å². The molecule has 1 amide bonds. The maximum Gasteiger partial charge on any atom is 0.407 e. The number of rotatable bonds is 9. The Labute approximate surface area is 163 Å². The Morgan fingerprint density at radius 1 is 1.19 bits per heavy atom. The van der Waals surface area contributed by atoms with Crippen molar-refractivity contribution in [3.05, 3.63) is 11.4 Å². The number of alkyl carbamates (subject to hydrolysis) is 1. The van der Waals surface area contributed by atoms with Crippen molar-refractivity contribution in [2.45, 2.75) is 71.6 Å². The van der Waals surface area contributed by atoms with Gasteiger partial charge in [0.2, 0.25) is 0 Å². The molecule has 3 unspecified atom stereocenters. The molecule has 0 spiro atoms. The van der Waals surface area contributed by atoms with E-state index in [0.29, 0.717) is 24.4 Å². The third-order valence-corrected chi connectivity index (χ3v) is 6.35. The number of hydrogen-bond donors (Lipinski definition) is 1. The molecule has 6 nitrogen and oxygen atoms in total. The molecule has 0 radical (unpaired) electrons. The fourth-order valence-electron chi connectivity index (χ4n) is 4.60. The zero-order chi connectivity index (χ0) is 19.2. The molecule has 1 fully saturated rings. The summed E-state index contributed by atoms with van der Waals surface area (Å²) in [6.07, 6.45) is 10.2. The number of hydrogen-bond acceptors (Lipinski definition) is 4. The Bertz CT molecular complexity index is 613. The van der Waals surface area contributed by atoms with Gasteiger partial charge in [-0.2, -0.15) is 0 Å². The van der Waals surface area contributed by atoms with Crippen molar-refractivity contribution >= 4 is 6.09 Å². The van der Waals surface area contributed by atoms with Crippen LogP contribution in [0.25, 0.3) is 0 Å². The molecule has 3 atom stereocenters. The Balaban J connectivity index is 1.26. The molecule has 1 aromatic rings. The first-order chi connectivity index (χ1) is 13.1. The van der Waals surface area contributed by atoms with Gasteiger partial charge in [-0.25, -0.2) is 4.79 Å². The highest BCUT2D eigenvalue weighted by molar-refractivity contribution is 5.67. The number of ether oxygens (including phenoxy) is 1. The zero-order valence-corrected chi connectivity index (χ0v) is 17.2. The second-order valence-corrected chi connectivity index (χ2v) is 8.80. The summed E-state index contributed by atoms with van der Waals surface area (Å²) in [6.45, 7) is 5.83. The van der Waals surface area contributed by atoms with Gasteiger partial charge in [0.1, 0.15) is 0 Å².